The Labute approximate surface area is 132 Å². The van der Waals surface area contributed by atoms with Crippen molar-refractivity contribution in [3.05, 3.63) is 18.0 Å². The number of nitrogens with one attached hydrogen (secondary N) is 1. The number of amides is 1. The van der Waals surface area contributed by atoms with Gasteiger partial charge in [0.05, 0.1) is 0 Å². The number of aromatic nitrogens is 2. The van der Waals surface area contributed by atoms with Crippen LogP contribution in [0.15, 0.2) is 12.3 Å². The van der Waals surface area contributed by atoms with E-state index in [1.54, 1.807) is 6.20 Å². The molecule has 2 heterocycles. The van der Waals surface area contributed by atoms with E-state index in [0.29, 0.717) is 24.8 Å². The molecular formula is C17H28N4O. The second-order valence-corrected chi connectivity index (χ2v) is 7.11. The summed E-state index contributed by atoms with van der Waals surface area (Å²) >= 11 is 0. The number of carbonyl (C=O) groups is 1. The van der Waals surface area contributed by atoms with Crippen LogP contribution < -0.4 is 5.73 Å². The molecule has 0 spiro atoms. The van der Waals surface area contributed by atoms with Gasteiger partial charge in [-0.25, -0.2) is 0 Å². The maximum absolute atomic E-state index is 12.7. The maximum Gasteiger partial charge on any atom is 0.223 e. The second kappa shape index (κ2) is 6.82. The van der Waals surface area contributed by atoms with Gasteiger partial charge in [0.2, 0.25) is 5.91 Å². The van der Waals surface area contributed by atoms with Gasteiger partial charge in [-0.05, 0) is 43.7 Å². The van der Waals surface area contributed by atoms with Crippen molar-refractivity contribution in [3.63, 3.8) is 0 Å². The van der Waals surface area contributed by atoms with Gasteiger partial charge in [-0.2, -0.15) is 5.10 Å². The molecule has 1 aromatic heterocycles. The molecule has 1 amide bonds. The van der Waals surface area contributed by atoms with Crippen LogP contribution in [0.3, 0.4) is 0 Å². The van der Waals surface area contributed by atoms with Crippen LogP contribution >= 0.6 is 0 Å². The van der Waals surface area contributed by atoms with Gasteiger partial charge in [0.25, 0.3) is 0 Å². The van der Waals surface area contributed by atoms with Gasteiger partial charge >= 0.3 is 0 Å². The van der Waals surface area contributed by atoms with Crippen molar-refractivity contribution in [2.24, 2.45) is 11.1 Å². The molecule has 0 aromatic carbocycles. The van der Waals surface area contributed by atoms with Gasteiger partial charge in [-0.1, -0.05) is 19.3 Å². The van der Waals surface area contributed by atoms with E-state index in [1.807, 2.05) is 6.07 Å². The standard InChI is InChI=1S/C17H28N4O/c18-13-17(7-2-1-3-8-17)12-16(22)21-10-5-14(6-11-21)15-4-9-19-20-15/h4,9,14H,1-3,5-8,10-13,18H2,(H,19,20). The Morgan fingerprint density at radius 2 is 2.05 bits per heavy atom. The summed E-state index contributed by atoms with van der Waals surface area (Å²) in [6, 6.07) is 2.05. The fourth-order valence-corrected chi connectivity index (χ4v) is 4.12. The lowest BCUT2D eigenvalue weighted by molar-refractivity contribution is -0.135. The number of piperidine rings is 1. The Morgan fingerprint density at radius 1 is 1.32 bits per heavy atom. The number of H-pyrrole nitrogens is 1. The maximum atomic E-state index is 12.7. The number of nitrogens with zero attached hydrogens (tertiary/aromatic N) is 2. The fourth-order valence-electron chi connectivity index (χ4n) is 4.12. The Balaban J connectivity index is 1.53. The van der Waals surface area contributed by atoms with E-state index in [0.717, 1.165) is 38.8 Å². The molecule has 5 heteroatoms. The smallest absolute Gasteiger partial charge is 0.223 e. The Morgan fingerprint density at radius 3 is 2.64 bits per heavy atom. The summed E-state index contributed by atoms with van der Waals surface area (Å²) in [5, 5.41) is 7.09. The third-order valence-corrected chi connectivity index (χ3v) is 5.68. The minimum Gasteiger partial charge on any atom is -0.343 e. The van der Waals surface area contributed by atoms with E-state index < -0.39 is 0 Å². The van der Waals surface area contributed by atoms with Crippen LogP contribution in [0.5, 0.6) is 0 Å². The normalized spacial score (nSPS) is 22.7. The van der Waals surface area contributed by atoms with Crippen LogP contribution in [0.25, 0.3) is 0 Å². The van der Waals surface area contributed by atoms with Crippen molar-refractivity contribution in [1.29, 1.82) is 0 Å². The second-order valence-electron chi connectivity index (χ2n) is 7.11. The summed E-state index contributed by atoms with van der Waals surface area (Å²) in [5.74, 6) is 0.833. The number of rotatable bonds is 4. The molecule has 0 unspecified atom stereocenters. The first-order valence-electron chi connectivity index (χ1n) is 8.70. The van der Waals surface area contributed by atoms with Gasteiger partial charge in [-0.3, -0.25) is 9.89 Å². The van der Waals surface area contributed by atoms with Crippen LogP contribution in [0.1, 0.15) is 63.0 Å². The molecule has 3 N–H and O–H groups in total. The zero-order chi connectivity index (χ0) is 15.4. The van der Waals surface area contributed by atoms with Crippen LogP contribution in [0, 0.1) is 5.41 Å². The summed E-state index contributed by atoms with van der Waals surface area (Å²) < 4.78 is 0. The van der Waals surface area contributed by atoms with E-state index in [2.05, 4.69) is 15.1 Å². The molecule has 1 aliphatic heterocycles. The zero-order valence-electron chi connectivity index (χ0n) is 13.4. The monoisotopic (exact) mass is 304 g/mol. The number of nitrogens with two attached hydrogens (primary N) is 1. The van der Waals surface area contributed by atoms with E-state index >= 15 is 0 Å². The molecule has 3 rings (SSSR count). The topological polar surface area (TPSA) is 75.0 Å². The van der Waals surface area contributed by atoms with Crippen LogP contribution in [-0.2, 0) is 4.79 Å². The lowest BCUT2D eigenvalue weighted by Gasteiger charge is -2.39. The van der Waals surface area contributed by atoms with Gasteiger partial charge < -0.3 is 10.6 Å². The van der Waals surface area contributed by atoms with Gasteiger partial charge in [-0.15, -0.1) is 0 Å². The average molecular weight is 304 g/mol. The van der Waals surface area contributed by atoms with Crippen LogP contribution in [0.2, 0.25) is 0 Å². The zero-order valence-corrected chi connectivity index (χ0v) is 13.4. The number of hydrogen-bond donors (Lipinski definition) is 2. The van der Waals surface area contributed by atoms with Crippen molar-refractivity contribution in [2.75, 3.05) is 19.6 Å². The Kier molecular flexibility index (Phi) is 4.81. The Hall–Kier alpha value is -1.36. The fraction of sp³-hybridized carbons (Fsp3) is 0.765. The van der Waals surface area contributed by atoms with E-state index in [1.165, 1.54) is 25.0 Å². The molecule has 2 aliphatic rings. The Bertz CT molecular complexity index is 471. The molecule has 0 atom stereocenters. The summed E-state index contributed by atoms with van der Waals surface area (Å²) in [4.78, 5) is 14.7. The lowest BCUT2D eigenvalue weighted by atomic mass is 9.71. The molecular weight excluding hydrogens is 276 g/mol. The third kappa shape index (κ3) is 3.35. The first kappa shape index (κ1) is 15.5. The molecule has 0 bridgehead atoms. The van der Waals surface area contributed by atoms with Crippen molar-refractivity contribution in [2.45, 2.75) is 57.3 Å². The quantitative estimate of drug-likeness (QED) is 0.897. The van der Waals surface area contributed by atoms with Crippen LogP contribution in [-0.4, -0.2) is 40.6 Å². The van der Waals surface area contributed by atoms with Crippen molar-refractivity contribution in [3.8, 4) is 0 Å². The van der Waals surface area contributed by atoms with Gasteiger partial charge in [0.15, 0.2) is 0 Å². The molecule has 2 fully saturated rings. The largest absolute Gasteiger partial charge is 0.343 e. The number of carbonyl (C=O) groups excluding carboxylic acids is 1. The van der Waals surface area contributed by atoms with E-state index in [9.17, 15) is 4.79 Å². The van der Waals surface area contributed by atoms with Crippen molar-refractivity contribution in [1.82, 2.24) is 15.1 Å². The first-order chi connectivity index (χ1) is 10.7. The van der Waals surface area contributed by atoms with E-state index in [4.69, 9.17) is 5.73 Å². The molecule has 1 saturated heterocycles. The summed E-state index contributed by atoms with van der Waals surface area (Å²) in [6.07, 6.45) is 10.5. The van der Waals surface area contributed by atoms with Crippen molar-refractivity contribution < 1.29 is 4.79 Å². The predicted octanol–water partition coefficient (Wildman–Crippen LogP) is 2.41. The molecule has 22 heavy (non-hydrogen) atoms. The third-order valence-electron chi connectivity index (χ3n) is 5.68. The number of hydrogen-bond acceptors (Lipinski definition) is 3. The first-order valence-corrected chi connectivity index (χ1v) is 8.70. The summed E-state index contributed by atoms with van der Waals surface area (Å²) in [7, 11) is 0. The SMILES string of the molecule is NCC1(CC(=O)N2CCC(c3ccn[nH]3)CC2)CCCCC1. The highest BCUT2D eigenvalue weighted by molar-refractivity contribution is 5.77. The number of aromatic amines is 1. The molecule has 1 aliphatic carbocycles. The minimum atomic E-state index is 0.0789. The number of likely N-dealkylation sites (tertiary alicyclic amines) is 1. The molecule has 122 valence electrons. The van der Waals surface area contributed by atoms with Gasteiger partial charge in [0.1, 0.15) is 0 Å². The van der Waals surface area contributed by atoms with Crippen molar-refractivity contribution >= 4 is 5.91 Å². The summed E-state index contributed by atoms with van der Waals surface area (Å²) in [6.45, 7) is 2.38. The molecule has 1 aromatic rings. The highest BCUT2D eigenvalue weighted by Gasteiger charge is 2.35. The molecule has 1 saturated carbocycles. The summed E-state index contributed by atoms with van der Waals surface area (Å²) in [5.41, 5.74) is 7.31. The minimum absolute atomic E-state index is 0.0789. The average Bonchev–Trinajstić information content (AvgIpc) is 3.10. The molecule has 0 radical (unpaired) electrons. The highest BCUT2D eigenvalue weighted by Crippen LogP contribution is 2.39. The van der Waals surface area contributed by atoms with Crippen LogP contribution in [0.4, 0.5) is 0 Å². The van der Waals surface area contributed by atoms with Gasteiger partial charge in [0, 0.05) is 37.3 Å². The lowest BCUT2D eigenvalue weighted by Crippen LogP contribution is -2.43. The van der Waals surface area contributed by atoms with E-state index in [-0.39, 0.29) is 5.41 Å². The predicted molar refractivity (Wildman–Crippen MR) is 86.3 cm³/mol. The highest BCUT2D eigenvalue weighted by atomic mass is 16.2. The molecule has 5 nitrogen and oxygen atoms in total.